The van der Waals surface area contributed by atoms with Gasteiger partial charge in [-0.15, -0.1) is 24.0 Å². The van der Waals surface area contributed by atoms with Crippen molar-refractivity contribution in [1.82, 2.24) is 20.2 Å². The van der Waals surface area contributed by atoms with Crippen LogP contribution < -0.4 is 10.6 Å². The molecule has 1 heterocycles. The molecule has 1 aromatic heterocycles. The first-order valence-corrected chi connectivity index (χ1v) is 8.80. The number of ether oxygens (including phenoxy) is 1. The van der Waals surface area contributed by atoms with Gasteiger partial charge in [-0.05, 0) is 31.4 Å². The molecule has 2 N–H and O–H groups in total. The summed E-state index contributed by atoms with van der Waals surface area (Å²) in [6.45, 7) is 7.99. The zero-order valence-electron chi connectivity index (χ0n) is 15.9. The third-order valence-electron chi connectivity index (χ3n) is 3.91. The summed E-state index contributed by atoms with van der Waals surface area (Å²) in [6, 6.07) is 8.58. The Kier molecular flexibility index (Phi) is 11.0. The zero-order valence-corrected chi connectivity index (χ0v) is 18.2. The fourth-order valence-electron chi connectivity index (χ4n) is 2.54. The van der Waals surface area contributed by atoms with Crippen LogP contribution in [0.3, 0.4) is 0 Å². The number of nitrogens with zero attached hydrogens (tertiary/aromatic N) is 3. The molecule has 0 atom stereocenters. The summed E-state index contributed by atoms with van der Waals surface area (Å²) in [6.07, 6.45) is 4.81. The molecule has 2 aromatic rings. The van der Waals surface area contributed by atoms with E-state index in [0.29, 0.717) is 0 Å². The largest absolute Gasteiger partial charge is 0.382 e. The Morgan fingerprint density at radius 1 is 1.27 bits per heavy atom. The minimum atomic E-state index is 0. The van der Waals surface area contributed by atoms with E-state index in [9.17, 15) is 0 Å². The number of hydrogen-bond acceptors (Lipinski definition) is 3. The number of aliphatic imine (C=N–C) groups is 1. The van der Waals surface area contributed by atoms with Crippen molar-refractivity contribution in [2.45, 2.75) is 33.4 Å². The number of aromatic nitrogens is 2. The smallest absolute Gasteiger partial charge is 0.191 e. The Morgan fingerprint density at radius 2 is 2.08 bits per heavy atom. The van der Waals surface area contributed by atoms with Crippen LogP contribution in [0.4, 0.5) is 0 Å². The first-order chi connectivity index (χ1) is 12.2. The second kappa shape index (κ2) is 12.7. The Morgan fingerprint density at radius 3 is 2.77 bits per heavy atom. The van der Waals surface area contributed by atoms with Gasteiger partial charge in [0, 0.05) is 52.3 Å². The van der Waals surface area contributed by atoms with E-state index in [2.05, 4.69) is 49.4 Å². The quantitative estimate of drug-likeness (QED) is 0.256. The Hall–Kier alpha value is -1.61. The molecule has 144 valence electrons. The molecule has 7 heteroatoms. The summed E-state index contributed by atoms with van der Waals surface area (Å²) in [5.74, 6) is 1.84. The van der Waals surface area contributed by atoms with Gasteiger partial charge in [-0.1, -0.05) is 24.3 Å². The number of nitrogens with one attached hydrogen (secondary N) is 2. The molecule has 0 aliphatic carbocycles. The molecule has 0 saturated carbocycles. The third-order valence-corrected chi connectivity index (χ3v) is 3.91. The van der Waals surface area contributed by atoms with Crippen molar-refractivity contribution in [3.8, 4) is 0 Å². The first kappa shape index (κ1) is 22.4. The first-order valence-electron chi connectivity index (χ1n) is 8.80. The average Bonchev–Trinajstić information content (AvgIpc) is 3.02. The van der Waals surface area contributed by atoms with Gasteiger partial charge in [0.2, 0.25) is 0 Å². The average molecular weight is 471 g/mol. The summed E-state index contributed by atoms with van der Waals surface area (Å²) in [5, 5.41) is 6.66. The van der Waals surface area contributed by atoms with Gasteiger partial charge in [0.25, 0.3) is 0 Å². The number of rotatable bonds is 9. The number of imidazole rings is 1. The van der Waals surface area contributed by atoms with Gasteiger partial charge in [-0.2, -0.15) is 0 Å². The minimum absolute atomic E-state index is 0. The number of halogens is 1. The van der Waals surface area contributed by atoms with Crippen LogP contribution in [0.15, 0.2) is 41.7 Å². The third kappa shape index (κ3) is 7.74. The lowest BCUT2D eigenvalue weighted by Crippen LogP contribution is -2.37. The highest BCUT2D eigenvalue weighted by atomic mass is 127. The molecule has 0 aliphatic heterocycles. The summed E-state index contributed by atoms with van der Waals surface area (Å²) < 4.78 is 7.48. The normalized spacial score (nSPS) is 11.1. The fraction of sp³-hybridized carbons (Fsp3) is 0.474. The van der Waals surface area contributed by atoms with E-state index in [1.165, 1.54) is 11.1 Å². The van der Waals surface area contributed by atoms with Gasteiger partial charge in [0.15, 0.2) is 5.96 Å². The van der Waals surface area contributed by atoms with Gasteiger partial charge < -0.3 is 19.9 Å². The molecular formula is C19H30IN5O. The molecule has 0 spiro atoms. The second-order valence-electron chi connectivity index (χ2n) is 5.83. The highest BCUT2D eigenvalue weighted by Crippen LogP contribution is 2.08. The van der Waals surface area contributed by atoms with Crippen molar-refractivity contribution in [3.63, 3.8) is 0 Å². The van der Waals surface area contributed by atoms with Gasteiger partial charge in [-0.3, -0.25) is 4.99 Å². The van der Waals surface area contributed by atoms with Crippen molar-refractivity contribution in [1.29, 1.82) is 0 Å². The fourth-order valence-corrected chi connectivity index (χ4v) is 2.54. The molecule has 2 rings (SSSR count). The van der Waals surface area contributed by atoms with E-state index in [0.717, 1.165) is 51.1 Å². The molecule has 6 nitrogen and oxygen atoms in total. The molecule has 0 bridgehead atoms. The van der Waals surface area contributed by atoms with Crippen LogP contribution in [-0.2, 0) is 17.8 Å². The molecule has 26 heavy (non-hydrogen) atoms. The van der Waals surface area contributed by atoms with Crippen molar-refractivity contribution in [2.24, 2.45) is 4.99 Å². The van der Waals surface area contributed by atoms with Crippen molar-refractivity contribution in [3.05, 3.63) is 53.6 Å². The Labute approximate surface area is 173 Å². The van der Waals surface area contributed by atoms with E-state index in [4.69, 9.17) is 4.74 Å². The molecular weight excluding hydrogens is 441 g/mol. The number of hydrogen-bond donors (Lipinski definition) is 2. The number of benzene rings is 1. The van der Waals surface area contributed by atoms with Crippen LogP contribution >= 0.6 is 24.0 Å². The van der Waals surface area contributed by atoms with Crippen molar-refractivity contribution in [2.75, 3.05) is 26.8 Å². The van der Waals surface area contributed by atoms with E-state index in [1.54, 1.807) is 7.05 Å². The van der Waals surface area contributed by atoms with Crippen LogP contribution in [0, 0.1) is 6.92 Å². The van der Waals surface area contributed by atoms with Crippen molar-refractivity contribution < 1.29 is 4.74 Å². The minimum Gasteiger partial charge on any atom is -0.382 e. The Bertz CT molecular complexity index is 671. The molecule has 0 radical (unpaired) electrons. The molecule has 0 saturated heterocycles. The van der Waals surface area contributed by atoms with Gasteiger partial charge in [0.1, 0.15) is 5.82 Å². The topological polar surface area (TPSA) is 63.5 Å². The highest BCUT2D eigenvalue weighted by molar-refractivity contribution is 14.0. The lowest BCUT2D eigenvalue weighted by Gasteiger charge is -2.13. The predicted molar refractivity (Wildman–Crippen MR) is 117 cm³/mol. The van der Waals surface area contributed by atoms with Gasteiger partial charge in [0.05, 0.1) is 0 Å². The summed E-state index contributed by atoms with van der Waals surface area (Å²) in [7, 11) is 1.79. The maximum Gasteiger partial charge on any atom is 0.191 e. The van der Waals surface area contributed by atoms with E-state index < -0.39 is 0 Å². The van der Waals surface area contributed by atoms with Crippen molar-refractivity contribution >= 4 is 29.9 Å². The second-order valence-corrected chi connectivity index (χ2v) is 5.83. The molecule has 0 fully saturated rings. The number of guanidine groups is 1. The standard InChI is InChI=1S/C19H29N5O.HI/c1-4-25-12-6-9-22-19(20-3)23-14-17-7-5-8-18(13-17)15-24-11-10-21-16(24)2;/h5,7-8,10-11,13H,4,6,9,12,14-15H2,1-3H3,(H2,20,22,23);1H. The van der Waals surface area contributed by atoms with Crippen LogP contribution in [0.5, 0.6) is 0 Å². The van der Waals surface area contributed by atoms with Gasteiger partial charge in [-0.25, -0.2) is 4.98 Å². The highest BCUT2D eigenvalue weighted by Gasteiger charge is 2.02. The summed E-state index contributed by atoms with van der Waals surface area (Å²) in [4.78, 5) is 8.53. The zero-order chi connectivity index (χ0) is 17.9. The maximum absolute atomic E-state index is 5.34. The van der Waals surface area contributed by atoms with E-state index in [1.807, 2.05) is 26.2 Å². The molecule has 0 unspecified atom stereocenters. The van der Waals surface area contributed by atoms with Crippen LogP contribution in [-0.4, -0.2) is 42.3 Å². The lowest BCUT2D eigenvalue weighted by atomic mass is 10.1. The van der Waals surface area contributed by atoms with Crippen LogP contribution in [0.1, 0.15) is 30.3 Å². The Balaban J connectivity index is 0.00000338. The van der Waals surface area contributed by atoms with E-state index in [-0.39, 0.29) is 24.0 Å². The lowest BCUT2D eigenvalue weighted by molar-refractivity contribution is 0.145. The monoisotopic (exact) mass is 471 g/mol. The SMILES string of the molecule is CCOCCCNC(=NC)NCc1cccc(Cn2ccnc2C)c1.I. The summed E-state index contributed by atoms with van der Waals surface area (Å²) in [5.41, 5.74) is 2.49. The van der Waals surface area contributed by atoms with Gasteiger partial charge >= 0.3 is 0 Å². The van der Waals surface area contributed by atoms with Crippen LogP contribution in [0.2, 0.25) is 0 Å². The van der Waals surface area contributed by atoms with Crippen LogP contribution in [0.25, 0.3) is 0 Å². The number of aryl methyl sites for hydroxylation is 1. The summed E-state index contributed by atoms with van der Waals surface area (Å²) >= 11 is 0. The predicted octanol–water partition coefficient (Wildman–Crippen LogP) is 2.95. The molecule has 0 amide bonds. The maximum atomic E-state index is 5.34. The molecule has 1 aromatic carbocycles. The molecule has 0 aliphatic rings. The van der Waals surface area contributed by atoms with E-state index >= 15 is 0 Å².